The number of aliphatic hydroxyl groups excluding tert-OH is 1. The maximum absolute atomic E-state index is 14.5. The molecule has 0 aliphatic carbocycles. The van der Waals surface area contributed by atoms with Gasteiger partial charge < -0.3 is 19.8 Å². The Kier molecular flexibility index (Phi) is 8.95. The predicted molar refractivity (Wildman–Crippen MR) is 153 cm³/mol. The number of likely N-dealkylation sites (tertiary alicyclic amines) is 1. The van der Waals surface area contributed by atoms with E-state index in [1.807, 2.05) is 19.1 Å². The van der Waals surface area contributed by atoms with Crippen LogP contribution in [0.25, 0.3) is 0 Å². The Balaban J connectivity index is 1.80. The van der Waals surface area contributed by atoms with Crippen LogP contribution < -0.4 is 4.90 Å². The lowest BCUT2D eigenvalue weighted by molar-refractivity contribution is -0.144. The van der Waals surface area contributed by atoms with Gasteiger partial charge in [-0.15, -0.1) is 24.9 Å². The molecule has 3 aliphatic heterocycles. The van der Waals surface area contributed by atoms with E-state index in [9.17, 15) is 19.5 Å². The molecule has 38 heavy (non-hydrogen) atoms. The third-order valence-electron chi connectivity index (χ3n) is 8.20. The SMILES string of the molecule is C=CCN(CCC)C(=O)[C@@H]1[C@H]2C(=O)N(CCCO)C(C(=O)N(CC=C)c3ccccc3Cl)C23S[C@@H]1CC3C. The Hall–Kier alpha value is -2.29. The van der Waals surface area contributed by atoms with Gasteiger partial charge in [0.15, 0.2) is 0 Å². The third-order valence-corrected chi connectivity index (χ3v) is 10.6. The molecule has 0 aromatic heterocycles. The van der Waals surface area contributed by atoms with Crippen LogP contribution >= 0.6 is 23.4 Å². The molecule has 3 saturated heterocycles. The van der Waals surface area contributed by atoms with E-state index in [0.29, 0.717) is 30.2 Å². The molecule has 1 spiro atoms. The summed E-state index contributed by atoms with van der Waals surface area (Å²) >= 11 is 8.18. The number of carbonyl (C=O) groups excluding carboxylic acids is 3. The molecule has 3 aliphatic rings. The minimum absolute atomic E-state index is 0.0272. The number of thioether (sulfide) groups is 1. The second-order valence-corrected chi connectivity index (χ2v) is 12.4. The summed E-state index contributed by atoms with van der Waals surface area (Å²) in [5.74, 6) is -1.44. The zero-order chi connectivity index (χ0) is 27.6. The van der Waals surface area contributed by atoms with Crippen molar-refractivity contribution in [1.29, 1.82) is 0 Å². The third kappa shape index (κ3) is 4.58. The number of carbonyl (C=O) groups is 3. The van der Waals surface area contributed by atoms with Crippen LogP contribution in [-0.4, -0.2) is 81.5 Å². The first-order valence-corrected chi connectivity index (χ1v) is 14.7. The number of rotatable bonds is 12. The van der Waals surface area contributed by atoms with Gasteiger partial charge in [0.25, 0.3) is 5.91 Å². The Morgan fingerprint density at radius 3 is 2.58 bits per heavy atom. The molecule has 9 heteroatoms. The number of halogens is 1. The van der Waals surface area contributed by atoms with Crippen LogP contribution in [0.4, 0.5) is 5.69 Å². The van der Waals surface area contributed by atoms with Gasteiger partial charge in [0.1, 0.15) is 6.04 Å². The zero-order valence-corrected chi connectivity index (χ0v) is 23.8. The topological polar surface area (TPSA) is 81.2 Å². The quantitative estimate of drug-likeness (QED) is 0.391. The highest BCUT2D eigenvalue weighted by atomic mass is 35.5. The van der Waals surface area contributed by atoms with E-state index < -0.39 is 22.6 Å². The second-order valence-electron chi connectivity index (χ2n) is 10.4. The summed E-state index contributed by atoms with van der Waals surface area (Å²) in [6, 6.07) is 6.39. The van der Waals surface area contributed by atoms with Crippen molar-refractivity contribution in [3.8, 4) is 0 Å². The van der Waals surface area contributed by atoms with Gasteiger partial charge in [-0.05, 0) is 37.3 Å². The molecular weight excluding hydrogens is 522 g/mol. The Labute approximate surface area is 234 Å². The average molecular weight is 560 g/mol. The molecular formula is C29H38ClN3O4S. The molecule has 0 saturated carbocycles. The summed E-state index contributed by atoms with van der Waals surface area (Å²) < 4.78 is -0.735. The number of benzene rings is 1. The first-order valence-electron chi connectivity index (χ1n) is 13.4. The zero-order valence-electron chi connectivity index (χ0n) is 22.2. The standard InChI is InChI=1S/C29H38ClN3O4S/c1-5-13-31(14-6-2)26(35)23-22-18-19(4)29(38-22)24(23)27(36)33(16-10-17-34)25(29)28(37)32(15-7-3)21-12-9-8-11-20(21)30/h5,7-9,11-12,19,22-25,34H,1,3,6,10,13-18H2,2,4H3/t19?,22-,23+,24+,25?,29?/m1/s1. The normalized spacial score (nSPS) is 29.3. The van der Waals surface area contributed by atoms with E-state index in [0.717, 1.165) is 12.8 Å². The van der Waals surface area contributed by atoms with Crippen molar-refractivity contribution in [1.82, 2.24) is 9.80 Å². The molecule has 206 valence electrons. The number of para-hydroxylation sites is 1. The van der Waals surface area contributed by atoms with Gasteiger partial charge in [-0.3, -0.25) is 14.4 Å². The molecule has 1 aromatic carbocycles. The van der Waals surface area contributed by atoms with Crippen LogP contribution in [-0.2, 0) is 14.4 Å². The highest BCUT2D eigenvalue weighted by molar-refractivity contribution is 8.02. The number of aliphatic hydroxyl groups is 1. The highest BCUT2D eigenvalue weighted by Crippen LogP contribution is 2.69. The van der Waals surface area contributed by atoms with Gasteiger partial charge in [-0.25, -0.2) is 0 Å². The maximum atomic E-state index is 14.5. The highest BCUT2D eigenvalue weighted by Gasteiger charge is 2.76. The van der Waals surface area contributed by atoms with Crippen molar-refractivity contribution >= 4 is 46.8 Å². The molecule has 3 fully saturated rings. The molecule has 1 aromatic rings. The maximum Gasteiger partial charge on any atom is 0.251 e. The minimum atomic E-state index is -0.774. The lowest BCUT2D eigenvalue weighted by Gasteiger charge is -2.41. The summed E-state index contributed by atoms with van der Waals surface area (Å²) in [6.07, 6.45) is 5.30. The van der Waals surface area contributed by atoms with E-state index in [4.69, 9.17) is 11.6 Å². The molecule has 1 N–H and O–H groups in total. The molecule has 2 bridgehead atoms. The van der Waals surface area contributed by atoms with E-state index in [-0.39, 0.29) is 48.6 Å². The van der Waals surface area contributed by atoms with Crippen molar-refractivity contribution in [2.24, 2.45) is 17.8 Å². The Morgan fingerprint density at radius 2 is 1.95 bits per heavy atom. The Morgan fingerprint density at radius 1 is 1.24 bits per heavy atom. The van der Waals surface area contributed by atoms with Gasteiger partial charge in [-0.2, -0.15) is 0 Å². The van der Waals surface area contributed by atoms with E-state index in [1.165, 1.54) is 0 Å². The van der Waals surface area contributed by atoms with Gasteiger partial charge in [0, 0.05) is 38.0 Å². The summed E-state index contributed by atoms with van der Waals surface area (Å²) in [7, 11) is 0. The van der Waals surface area contributed by atoms with E-state index in [2.05, 4.69) is 20.1 Å². The van der Waals surface area contributed by atoms with Crippen LogP contribution in [0.2, 0.25) is 5.02 Å². The van der Waals surface area contributed by atoms with Crippen LogP contribution in [0, 0.1) is 17.8 Å². The number of anilines is 1. The van der Waals surface area contributed by atoms with Gasteiger partial charge in [0.05, 0.1) is 27.3 Å². The summed E-state index contributed by atoms with van der Waals surface area (Å²) in [5, 5.41) is 10.0. The molecule has 3 amide bonds. The van der Waals surface area contributed by atoms with Crippen molar-refractivity contribution < 1.29 is 19.5 Å². The van der Waals surface area contributed by atoms with Crippen LogP contribution in [0.15, 0.2) is 49.6 Å². The van der Waals surface area contributed by atoms with Crippen LogP contribution in [0.5, 0.6) is 0 Å². The molecule has 4 rings (SSSR count). The summed E-state index contributed by atoms with van der Waals surface area (Å²) in [5.41, 5.74) is 0.561. The fourth-order valence-corrected chi connectivity index (χ4v) is 9.39. The fourth-order valence-electron chi connectivity index (χ4n) is 6.74. The molecule has 7 nitrogen and oxygen atoms in total. The van der Waals surface area contributed by atoms with Crippen molar-refractivity contribution in [3.63, 3.8) is 0 Å². The molecule has 0 radical (unpaired) electrons. The lowest BCUT2D eigenvalue weighted by atomic mass is 9.65. The molecule has 6 atom stereocenters. The summed E-state index contributed by atoms with van der Waals surface area (Å²) in [6.45, 7) is 13.2. The first-order chi connectivity index (χ1) is 18.3. The van der Waals surface area contributed by atoms with Gasteiger partial charge in [0.2, 0.25) is 11.8 Å². The average Bonchev–Trinajstić information content (AvgIpc) is 3.49. The Bertz CT molecular complexity index is 1100. The first kappa shape index (κ1) is 28.7. The monoisotopic (exact) mass is 559 g/mol. The molecule has 3 heterocycles. The van der Waals surface area contributed by atoms with Crippen molar-refractivity contribution in [2.45, 2.75) is 49.1 Å². The number of nitrogens with zero attached hydrogens (tertiary/aromatic N) is 3. The second kappa shape index (κ2) is 11.8. The lowest BCUT2D eigenvalue weighted by Crippen LogP contribution is -2.57. The van der Waals surface area contributed by atoms with Gasteiger partial charge >= 0.3 is 0 Å². The van der Waals surface area contributed by atoms with Crippen molar-refractivity contribution in [3.05, 3.63) is 54.6 Å². The smallest absolute Gasteiger partial charge is 0.251 e. The van der Waals surface area contributed by atoms with E-state index >= 15 is 0 Å². The molecule has 3 unspecified atom stereocenters. The number of hydrogen-bond acceptors (Lipinski definition) is 5. The number of amides is 3. The van der Waals surface area contributed by atoms with Crippen LogP contribution in [0.3, 0.4) is 0 Å². The number of fused-ring (bicyclic) bond motifs is 1. The largest absolute Gasteiger partial charge is 0.396 e. The predicted octanol–water partition coefficient (Wildman–Crippen LogP) is 4.00. The van der Waals surface area contributed by atoms with Gasteiger partial charge in [-0.1, -0.05) is 49.7 Å². The fraction of sp³-hybridized carbons (Fsp3) is 0.552. The number of hydrogen-bond donors (Lipinski definition) is 1. The van der Waals surface area contributed by atoms with Crippen LogP contribution in [0.1, 0.15) is 33.1 Å². The van der Waals surface area contributed by atoms with Crippen molar-refractivity contribution in [2.75, 3.05) is 37.7 Å². The minimum Gasteiger partial charge on any atom is -0.396 e. The summed E-state index contributed by atoms with van der Waals surface area (Å²) in [4.78, 5) is 47.7. The van der Waals surface area contributed by atoms with E-state index in [1.54, 1.807) is 50.7 Å².